The van der Waals surface area contributed by atoms with Crippen molar-refractivity contribution in [1.29, 1.82) is 0 Å². The zero-order valence-electron chi connectivity index (χ0n) is 11.6. The molecule has 0 aromatic carbocycles. The molecule has 2 aliphatic rings. The smallest absolute Gasteiger partial charge is 0.300 e. The van der Waals surface area contributed by atoms with Crippen LogP contribution in [0.5, 0.6) is 0 Å². The van der Waals surface area contributed by atoms with Gasteiger partial charge in [-0.1, -0.05) is 0 Å². The van der Waals surface area contributed by atoms with E-state index >= 15 is 0 Å². The van der Waals surface area contributed by atoms with Crippen LogP contribution in [0.4, 0.5) is 0 Å². The van der Waals surface area contributed by atoms with Gasteiger partial charge in [0.1, 0.15) is 11.3 Å². The summed E-state index contributed by atoms with van der Waals surface area (Å²) in [7, 11) is 1.72. The summed E-state index contributed by atoms with van der Waals surface area (Å²) in [6.45, 7) is 0. The van der Waals surface area contributed by atoms with Gasteiger partial charge in [-0.15, -0.1) is 0 Å². The fourth-order valence-electron chi connectivity index (χ4n) is 4.07. The van der Waals surface area contributed by atoms with Crippen LogP contribution in [-0.4, -0.2) is 24.9 Å². The molecule has 7 heteroatoms. The SMILES string of the molecule is Cn1c(=O)n(C2C3CCC2CC(=O)C3)c2nc(Cl)ncc21. The number of halogens is 1. The molecule has 0 saturated heterocycles. The van der Waals surface area contributed by atoms with Gasteiger partial charge in [-0.05, 0) is 36.3 Å². The van der Waals surface area contributed by atoms with Gasteiger partial charge < -0.3 is 0 Å². The molecule has 0 N–H and O–H groups in total. The molecule has 2 fully saturated rings. The van der Waals surface area contributed by atoms with E-state index in [0.29, 0.717) is 29.8 Å². The van der Waals surface area contributed by atoms with Crippen LogP contribution in [0, 0.1) is 11.8 Å². The number of aromatic nitrogens is 4. The normalized spacial score (nSPS) is 28.5. The maximum absolute atomic E-state index is 12.6. The summed E-state index contributed by atoms with van der Waals surface area (Å²) in [5.41, 5.74) is 1.16. The predicted molar refractivity (Wildman–Crippen MR) is 77.3 cm³/mol. The van der Waals surface area contributed by atoms with Gasteiger partial charge in [-0.2, -0.15) is 4.98 Å². The van der Waals surface area contributed by atoms with E-state index in [1.165, 1.54) is 0 Å². The van der Waals surface area contributed by atoms with Gasteiger partial charge in [-0.3, -0.25) is 13.9 Å². The van der Waals surface area contributed by atoms with E-state index in [1.807, 2.05) is 0 Å². The number of rotatable bonds is 1. The quantitative estimate of drug-likeness (QED) is 0.752. The van der Waals surface area contributed by atoms with Crippen LogP contribution in [0.3, 0.4) is 0 Å². The minimum absolute atomic E-state index is 0.0601. The zero-order valence-corrected chi connectivity index (χ0v) is 12.4. The van der Waals surface area contributed by atoms with Gasteiger partial charge in [0.2, 0.25) is 5.28 Å². The van der Waals surface area contributed by atoms with Crippen molar-refractivity contribution in [2.24, 2.45) is 18.9 Å². The van der Waals surface area contributed by atoms with Crippen molar-refractivity contribution < 1.29 is 4.79 Å². The van der Waals surface area contributed by atoms with Crippen molar-refractivity contribution in [2.75, 3.05) is 0 Å². The second-order valence-electron chi connectivity index (χ2n) is 6.09. The molecule has 2 saturated carbocycles. The lowest BCUT2D eigenvalue weighted by Crippen LogP contribution is -2.35. The number of hydrogen-bond acceptors (Lipinski definition) is 4. The summed E-state index contributed by atoms with van der Waals surface area (Å²) in [5.74, 6) is 0.807. The number of carbonyl (C=O) groups is 1. The number of Topliss-reactive ketones (excluding diaryl/α,β-unsaturated/α-hetero) is 1. The summed E-state index contributed by atoms with van der Waals surface area (Å²) in [6.07, 6.45) is 4.73. The summed E-state index contributed by atoms with van der Waals surface area (Å²) >= 11 is 5.90. The first kappa shape index (κ1) is 13.0. The highest BCUT2D eigenvalue weighted by atomic mass is 35.5. The lowest BCUT2D eigenvalue weighted by atomic mass is 9.83. The number of fused-ring (bicyclic) bond motifs is 3. The molecule has 0 spiro atoms. The topological polar surface area (TPSA) is 69.8 Å². The van der Waals surface area contributed by atoms with Crippen molar-refractivity contribution in [3.05, 3.63) is 22.0 Å². The van der Waals surface area contributed by atoms with Crippen molar-refractivity contribution in [1.82, 2.24) is 19.1 Å². The fourth-order valence-corrected chi connectivity index (χ4v) is 4.20. The highest BCUT2D eigenvalue weighted by Crippen LogP contribution is 2.48. The standard InChI is InChI=1S/C14H15ClN4O2/c1-18-10-6-16-13(15)17-12(10)19(14(18)21)11-7-2-3-8(11)5-9(20)4-7/h6-8,11H,2-5H2,1H3. The minimum Gasteiger partial charge on any atom is -0.300 e. The highest BCUT2D eigenvalue weighted by Gasteiger charge is 2.44. The predicted octanol–water partition coefficient (Wildman–Crippen LogP) is 1.71. The van der Waals surface area contributed by atoms with E-state index in [1.54, 1.807) is 22.4 Å². The first-order chi connectivity index (χ1) is 10.1. The molecule has 0 amide bonds. The van der Waals surface area contributed by atoms with Crippen LogP contribution in [-0.2, 0) is 11.8 Å². The van der Waals surface area contributed by atoms with Crippen LogP contribution in [0.2, 0.25) is 5.28 Å². The molecule has 0 aliphatic heterocycles. The first-order valence-electron chi connectivity index (χ1n) is 7.17. The maximum Gasteiger partial charge on any atom is 0.330 e. The highest BCUT2D eigenvalue weighted by molar-refractivity contribution is 6.28. The van der Waals surface area contributed by atoms with Gasteiger partial charge in [-0.25, -0.2) is 9.78 Å². The summed E-state index contributed by atoms with van der Waals surface area (Å²) < 4.78 is 3.30. The first-order valence-corrected chi connectivity index (χ1v) is 7.55. The van der Waals surface area contributed by atoms with Gasteiger partial charge in [0, 0.05) is 25.9 Å². The molecule has 2 heterocycles. The summed E-state index contributed by atoms with van der Waals surface area (Å²) in [6, 6.07) is 0.0601. The monoisotopic (exact) mass is 306 g/mol. The molecule has 0 radical (unpaired) electrons. The van der Waals surface area contributed by atoms with E-state index in [2.05, 4.69) is 9.97 Å². The fraction of sp³-hybridized carbons (Fsp3) is 0.571. The van der Waals surface area contributed by atoms with Gasteiger partial charge in [0.25, 0.3) is 0 Å². The Kier molecular flexibility index (Phi) is 2.73. The number of imidazole rings is 1. The number of nitrogens with zero attached hydrogens (tertiary/aromatic N) is 4. The van der Waals surface area contributed by atoms with Crippen LogP contribution in [0.25, 0.3) is 11.2 Å². The van der Waals surface area contributed by atoms with Crippen LogP contribution < -0.4 is 5.69 Å². The molecule has 2 aromatic rings. The lowest BCUT2D eigenvalue weighted by molar-refractivity contribution is -0.122. The molecule has 2 atom stereocenters. The van der Waals surface area contributed by atoms with Crippen LogP contribution >= 0.6 is 11.6 Å². The van der Waals surface area contributed by atoms with Gasteiger partial charge in [0.05, 0.1) is 6.20 Å². The van der Waals surface area contributed by atoms with Crippen molar-refractivity contribution in [2.45, 2.75) is 31.7 Å². The molecule has 2 aliphatic carbocycles. The molecule has 2 bridgehead atoms. The van der Waals surface area contributed by atoms with E-state index in [4.69, 9.17) is 11.6 Å². The molecule has 2 unspecified atom stereocenters. The van der Waals surface area contributed by atoms with E-state index in [-0.39, 0.29) is 28.9 Å². The zero-order chi connectivity index (χ0) is 14.7. The van der Waals surface area contributed by atoms with Crippen molar-refractivity contribution in [3.63, 3.8) is 0 Å². The lowest BCUT2D eigenvalue weighted by Gasteiger charge is -2.29. The Labute approximate surface area is 125 Å². The minimum atomic E-state index is -0.0992. The third-order valence-corrected chi connectivity index (χ3v) is 5.14. The molecule has 2 aromatic heterocycles. The number of hydrogen-bond donors (Lipinski definition) is 0. The molecule has 21 heavy (non-hydrogen) atoms. The average molecular weight is 307 g/mol. The number of aryl methyl sites for hydroxylation is 1. The summed E-state index contributed by atoms with van der Waals surface area (Å²) in [4.78, 5) is 32.6. The van der Waals surface area contributed by atoms with E-state index in [0.717, 1.165) is 12.8 Å². The Bertz CT molecular complexity index is 793. The van der Waals surface area contributed by atoms with Gasteiger partial charge >= 0.3 is 5.69 Å². The average Bonchev–Trinajstić information content (AvgIpc) is 2.83. The molecule has 6 nitrogen and oxygen atoms in total. The Morgan fingerprint density at radius 1 is 1.24 bits per heavy atom. The van der Waals surface area contributed by atoms with E-state index < -0.39 is 0 Å². The number of ketones is 1. The third kappa shape index (κ3) is 1.78. The van der Waals surface area contributed by atoms with Crippen molar-refractivity contribution in [3.8, 4) is 0 Å². The molecule has 110 valence electrons. The Morgan fingerprint density at radius 3 is 2.57 bits per heavy atom. The van der Waals surface area contributed by atoms with Crippen molar-refractivity contribution >= 4 is 28.5 Å². The van der Waals surface area contributed by atoms with E-state index in [9.17, 15) is 9.59 Å². The Hall–Kier alpha value is -1.69. The largest absolute Gasteiger partial charge is 0.330 e. The van der Waals surface area contributed by atoms with Gasteiger partial charge in [0.15, 0.2) is 5.65 Å². The Morgan fingerprint density at radius 2 is 1.90 bits per heavy atom. The molecular weight excluding hydrogens is 292 g/mol. The Balaban J connectivity index is 1.95. The number of carbonyl (C=O) groups excluding carboxylic acids is 1. The maximum atomic E-state index is 12.6. The molecule has 4 rings (SSSR count). The third-order valence-electron chi connectivity index (χ3n) is 4.96. The second-order valence-corrected chi connectivity index (χ2v) is 6.43. The second kappa shape index (κ2) is 4.40. The molecular formula is C14H15ClN4O2. The van der Waals surface area contributed by atoms with Crippen LogP contribution in [0.1, 0.15) is 31.7 Å². The van der Waals surface area contributed by atoms with Crippen LogP contribution in [0.15, 0.2) is 11.0 Å². The summed E-state index contributed by atoms with van der Waals surface area (Å²) in [5, 5.41) is 0.140.